The number of fused-ring (bicyclic) bond motifs is 1. The Morgan fingerprint density at radius 1 is 1.33 bits per heavy atom. The van der Waals surface area contributed by atoms with Gasteiger partial charge in [-0.2, -0.15) is 0 Å². The minimum absolute atomic E-state index is 0.0301. The molecular formula is C9H16O3. The quantitative estimate of drug-likeness (QED) is 0.590. The summed E-state index contributed by atoms with van der Waals surface area (Å²) >= 11 is 0. The van der Waals surface area contributed by atoms with Gasteiger partial charge in [-0.1, -0.05) is 6.42 Å². The lowest BCUT2D eigenvalue weighted by Gasteiger charge is -2.40. The zero-order valence-corrected chi connectivity index (χ0v) is 7.40. The number of hydrogen-bond acceptors (Lipinski definition) is 3. The highest BCUT2D eigenvalue weighted by atomic mass is 16.7. The fourth-order valence-corrected chi connectivity index (χ4v) is 2.13. The van der Waals surface area contributed by atoms with Crippen LogP contribution in [-0.4, -0.2) is 30.2 Å². The second kappa shape index (κ2) is 3.32. The average Bonchev–Trinajstić information content (AvgIpc) is 2.07. The fourth-order valence-electron chi connectivity index (χ4n) is 2.13. The van der Waals surface area contributed by atoms with Crippen molar-refractivity contribution in [1.29, 1.82) is 0 Å². The van der Waals surface area contributed by atoms with E-state index < -0.39 is 0 Å². The second-order valence-corrected chi connectivity index (χ2v) is 3.76. The molecule has 1 heterocycles. The smallest absolute Gasteiger partial charge is 0.155 e. The van der Waals surface area contributed by atoms with Crippen LogP contribution in [0.2, 0.25) is 0 Å². The Hall–Kier alpha value is -0.120. The molecule has 4 atom stereocenters. The van der Waals surface area contributed by atoms with Gasteiger partial charge in [0.25, 0.3) is 0 Å². The molecule has 2 aliphatic rings. The SMILES string of the molecule is CC1OCC2CCCC(O)C2O1. The van der Waals surface area contributed by atoms with Gasteiger partial charge < -0.3 is 14.6 Å². The molecule has 70 valence electrons. The molecule has 1 saturated heterocycles. The van der Waals surface area contributed by atoms with Gasteiger partial charge >= 0.3 is 0 Å². The van der Waals surface area contributed by atoms with Crippen LogP contribution in [0.15, 0.2) is 0 Å². The first kappa shape index (κ1) is 8.48. The van der Waals surface area contributed by atoms with Crippen LogP contribution in [0.5, 0.6) is 0 Å². The van der Waals surface area contributed by atoms with Crippen LogP contribution in [0.3, 0.4) is 0 Å². The molecule has 0 bridgehead atoms. The van der Waals surface area contributed by atoms with Crippen LogP contribution in [0.25, 0.3) is 0 Å². The summed E-state index contributed by atoms with van der Waals surface area (Å²) < 4.78 is 10.9. The lowest BCUT2D eigenvalue weighted by molar-refractivity contribution is -0.257. The van der Waals surface area contributed by atoms with E-state index >= 15 is 0 Å². The molecule has 1 saturated carbocycles. The average molecular weight is 172 g/mol. The monoisotopic (exact) mass is 172 g/mol. The van der Waals surface area contributed by atoms with E-state index in [1.54, 1.807) is 0 Å². The van der Waals surface area contributed by atoms with Crippen LogP contribution in [0.1, 0.15) is 26.2 Å². The van der Waals surface area contributed by atoms with E-state index in [2.05, 4.69) is 0 Å². The van der Waals surface area contributed by atoms with Crippen molar-refractivity contribution in [3.63, 3.8) is 0 Å². The Bertz CT molecular complexity index is 160. The topological polar surface area (TPSA) is 38.7 Å². The van der Waals surface area contributed by atoms with Crippen molar-refractivity contribution in [1.82, 2.24) is 0 Å². The molecule has 4 unspecified atom stereocenters. The fraction of sp³-hybridized carbons (Fsp3) is 1.00. The van der Waals surface area contributed by atoms with Crippen molar-refractivity contribution in [2.45, 2.75) is 44.7 Å². The summed E-state index contributed by atoms with van der Waals surface area (Å²) in [6, 6.07) is 0. The third kappa shape index (κ3) is 1.49. The van der Waals surface area contributed by atoms with Gasteiger partial charge in [-0.05, 0) is 19.8 Å². The van der Waals surface area contributed by atoms with Gasteiger partial charge in [-0.15, -0.1) is 0 Å². The Kier molecular flexibility index (Phi) is 2.35. The van der Waals surface area contributed by atoms with Crippen LogP contribution < -0.4 is 0 Å². The van der Waals surface area contributed by atoms with E-state index in [0.717, 1.165) is 25.9 Å². The maximum atomic E-state index is 9.64. The van der Waals surface area contributed by atoms with Gasteiger partial charge in [-0.3, -0.25) is 0 Å². The summed E-state index contributed by atoms with van der Waals surface area (Å²) in [4.78, 5) is 0. The molecule has 0 aromatic rings. The van der Waals surface area contributed by atoms with E-state index in [1.165, 1.54) is 0 Å². The number of ether oxygens (including phenoxy) is 2. The normalized spacial score (nSPS) is 48.5. The molecule has 1 aliphatic heterocycles. The molecule has 1 N–H and O–H groups in total. The van der Waals surface area contributed by atoms with E-state index in [9.17, 15) is 5.11 Å². The molecule has 2 rings (SSSR count). The van der Waals surface area contributed by atoms with Crippen molar-refractivity contribution in [2.75, 3.05) is 6.61 Å². The lowest BCUT2D eigenvalue weighted by Crippen LogP contribution is -2.47. The van der Waals surface area contributed by atoms with Gasteiger partial charge in [0.2, 0.25) is 0 Å². The minimum Gasteiger partial charge on any atom is -0.390 e. The van der Waals surface area contributed by atoms with E-state index in [4.69, 9.17) is 9.47 Å². The minimum atomic E-state index is -0.268. The zero-order valence-electron chi connectivity index (χ0n) is 7.40. The predicted octanol–water partition coefficient (Wildman–Crippen LogP) is 0.909. The molecule has 0 amide bonds. The molecule has 1 aliphatic carbocycles. The third-order valence-corrected chi connectivity index (χ3v) is 2.81. The van der Waals surface area contributed by atoms with Gasteiger partial charge in [0.15, 0.2) is 6.29 Å². The summed E-state index contributed by atoms with van der Waals surface area (Å²) in [7, 11) is 0. The largest absolute Gasteiger partial charge is 0.390 e. The molecule has 3 nitrogen and oxygen atoms in total. The predicted molar refractivity (Wildman–Crippen MR) is 43.6 cm³/mol. The summed E-state index contributed by atoms with van der Waals surface area (Å²) in [5.74, 6) is 0.421. The van der Waals surface area contributed by atoms with Gasteiger partial charge in [-0.25, -0.2) is 0 Å². The first-order valence-electron chi connectivity index (χ1n) is 4.72. The Morgan fingerprint density at radius 2 is 2.17 bits per heavy atom. The van der Waals surface area contributed by atoms with Gasteiger partial charge in [0.1, 0.15) is 0 Å². The first-order chi connectivity index (χ1) is 5.77. The number of rotatable bonds is 0. The standard InChI is InChI=1S/C9H16O3/c1-6-11-5-7-3-2-4-8(10)9(7)12-6/h6-10H,2-5H2,1H3. The highest BCUT2D eigenvalue weighted by Crippen LogP contribution is 2.31. The molecule has 12 heavy (non-hydrogen) atoms. The van der Waals surface area contributed by atoms with Crippen molar-refractivity contribution in [3.05, 3.63) is 0 Å². The second-order valence-electron chi connectivity index (χ2n) is 3.76. The molecule has 0 aromatic carbocycles. The first-order valence-corrected chi connectivity index (χ1v) is 4.72. The van der Waals surface area contributed by atoms with Crippen molar-refractivity contribution >= 4 is 0 Å². The third-order valence-electron chi connectivity index (χ3n) is 2.81. The number of hydrogen-bond donors (Lipinski definition) is 1. The highest BCUT2D eigenvalue weighted by Gasteiger charge is 2.37. The maximum Gasteiger partial charge on any atom is 0.155 e. The summed E-state index contributed by atoms with van der Waals surface area (Å²) in [6.45, 7) is 2.64. The van der Waals surface area contributed by atoms with E-state index in [-0.39, 0.29) is 18.5 Å². The molecule has 0 radical (unpaired) electrons. The van der Waals surface area contributed by atoms with E-state index in [1.807, 2.05) is 6.92 Å². The molecule has 0 spiro atoms. The van der Waals surface area contributed by atoms with Crippen molar-refractivity contribution < 1.29 is 14.6 Å². The molecule has 3 heteroatoms. The summed E-state index contributed by atoms with van der Waals surface area (Å²) in [5, 5.41) is 9.64. The lowest BCUT2D eigenvalue weighted by atomic mass is 9.84. The highest BCUT2D eigenvalue weighted by molar-refractivity contribution is 4.84. The van der Waals surface area contributed by atoms with Gasteiger partial charge in [0, 0.05) is 5.92 Å². The maximum absolute atomic E-state index is 9.64. The van der Waals surface area contributed by atoms with Crippen LogP contribution in [0, 0.1) is 5.92 Å². The van der Waals surface area contributed by atoms with Gasteiger partial charge in [0.05, 0.1) is 18.8 Å². The van der Waals surface area contributed by atoms with Crippen LogP contribution in [0.4, 0.5) is 0 Å². The van der Waals surface area contributed by atoms with Crippen molar-refractivity contribution in [3.8, 4) is 0 Å². The summed E-state index contributed by atoms with van der Waals surface area (Å²) in [5.41, 5.74) is 0. The van der Waals surface area contributed by atoms with Crippen LogP contribution >= 0.6 is 0 Å². The molecule has 2 fully saturated rings. The summed E-state index contributed by atoms with van der Waals surface area (Å²) in [6.07, 6.45) is 2.74. The molecule has 0 aromatic heterocycles. The Balaban J connectivity index is 2.00. The Labute approximate surface area is 72.7 Å². The Morgan fingerprint density at radius 3 is 3.00 bits per heavy atom. The van der Waals surface area contributed by atoms with Crippen LogP contribution in [-0.2, 0) is 9.47 Å². The van der Waals surface area contributed by atoms with Crippen molar-refractivity contribution in [2.24, 2.45) is 5.92 Å². The zero-order chi connectivity index (χ0) is 8.55. The van der Waals surface area contributed by atoms with E-state index in [0.29, 0.717) is 5.92 Å². The number of aliphatic hydroxyl groups excluding tert-OH is 1. The number of aliphatic hydroxyl groups is 1. The molecular weight excluding hydrogens is 156 g/mol.